The number of carbonyl (C=O) groups excluding carboxylic acids is 1. The van der Waals surface area contributed by atoms with Crippen molar-refractivity contribution in [1.82, 2.24) is 0 Å². The van der Waals surface area contributed by atoms with Gasteiger partial charge in [-0.2, -0.15) is 0 Å². The summed E-state index contributed by atoms with van der Waals surface area (Å²) in [5, 5.41) is 2.95. The molecule has 0 spiro atoms. The SMILES string of the molecule is Cc1ccc([C@H]2CC(=O)Nc3cc4c(cc32)OCCO4)cc1Br. The van der Waals surface area contributed by atoms with Crippen LogP contribution in [0.15, 0.2) is 34.8 Å². The summed E-state index contributed by atoms with van der Waals surface area (Å²) in [4.78, 5) is 12.1. The van der Waals surface area contributed by atoms with E-state index in [0.29, 0.717) is 25.4 Å². The first-order valence-corrected chi connectivity index (χ1v) is 8.40. The third kappa shape index (κ3) is 2.59. The molecule has 0 unspecified atom stereocenters. The molecule has 0 saturated carbocycles. The van der Waals surface area contributed by atoms with Crippen molar-refractivity contribution in [3.05, 3.63) is 51.5 Å². The van der Waals surface area contributed by atoms with E-state index in [0.717, 1.165) is 27.0 Å². The monoisotopic (exact) mass is 373 g/mol. The van der Waals surface area contributed by atoms with Crippen LogP contribution in [0.3, 0.4) is 0 Å². The number of ether oxygens (including phenoxy) is 2. The highest BCUT2D eigenvalue weighted by molar-refractivity contribution is 9.10. The summed E-state index contributed by atoms with van der Waals surface area (Å²) < 4.78 is 12.4. The Hall–Kier alpha value is -2.01. The van der Waals surface area contributed by atoms with Gasteiger partial charge in [-0.25, -0.2) is 0 Å². The maximum atomic E-state index is 12.1. The second-order valence-electron chi connectivity index (χ2n) is 5.90. The second kappa shape index (κ2) is 5.57. The average Bonchev–Trinajstić information content (AvgIpc) is 2.55. The van der Waals surface area contributed by atoms with Gasteiger partial charge in [0.1, 0.15) is 13.2 Å². The first-order chi connectivity index (χ1) is 11.1. The minimum Gasteiger partial charge on any atom is -0.486 e. The number of fused-ring (bicyclic) bond motifs is 2. The van der Waals surface area contributed by atoms with E-state index in [1.165, 1.54) is 5.56 Å². The summed E-state index contributed by atoms with van der Waals surface area (Å²) in [6, 6.07) is 10.1. The van der Waals surface area contributed by atoms with Crippen molar-refractivity contribution >= 4 is 27.5 Å². The number of hydrogen-bond donors (Lipinski definition) is 1. The van der Waals surface area contributed by atoms with Crippen LogP contribution < -0.4 is 14.8 Å². The van der Waals surface area contributed by atoms with E-state index < -0.39 is 0 Å². The number of amides is 1. The predicted octanol–water partition coefficient (Wildman–Crippen LogP) is 4.00. The standard InChI is InChI=1S/C18H16BrNO3/c1-10-2-3-11(6-14(10)19)12-8-18(21)20-15-9-17-16(7-13(12)15)22-4-5-23-17/h2-3,6-7,9,12H,4-5,8H2,1H3,(H,20,21)/t12-/m1/s1. The highest BCUT2D eigenvalue weighted by Crippen LogP contribution is 2.44. The van der Waals surface area contributed by atoms with Crippen molar-refractivity contribution in [1.29, 1.82) is 0 Å². The van der Waals surface area contributed by atoms with Crippen LogP contribution in [0.5, 0.6) is 11.5 Å². The topological polar surface area (TPSA) is 47.6 Å². The molecule has 2 aromatic carbocycles. The van der Waals surface area contributed by atoms with Gasteiger partial charge in [-0.15, -0.1) is 0 Å². The number of benzene rings is 2. The molecule has 2 heterocycles. The van der Waals surface area contributed by atoms with E-state index >= 15 is 0 Å². The van der Waals surface area contributed by atoms with E-state index in [4.69, 9.17) is 9.47 Å². The molecule has 1 atom stereocenters. The zero-order valence-corrected chi connectivity index (χ0v) is 14.3. The molecule has 0 saturated heterocycles. The molecule has 0 bridgehead atoms. The van der Waals surface area contributed by atoms with Gasteiger partial charge in [-0.1, -0.05) is 28.1 Å². The minimum absolute atomic E-state index is 0.0199. The normalized spacial score (nSPS) is 19.0. The summed E-state index contributed by atoms with van der Waals surface area (Å²) in [5.74, 6) is 1.49. The zero-order chi connectivity index (χ0) is 16.0. The lowest BCUT2D eigenvalue weighted by Gasteiger charge is -2.29. The third-order valence-corrected chi connectivity index (χ3v) is 5.21. The maximum absolute atomic E-state index is 12.1. The molecule has 1 amide bonds. The fourth-order valence-electron chi connectivity index (χ4n) is 3.12. The molecule has 4 rings (SSSR count). The molecule has 0 aliphatic carbocycles. The molecule has 1 N–H and O–H groups in total. The molecular formula is C18H16BrNO3. The molecule has 2 aromatic rings. The van der Waals surface area contributed by atoms with Crippen molar-refractivity contribution in [3.63, 3.8) is 0 Å². The first-order valence-electron chi connectivity index (χ1n) is 7.61. The average molecular weight is 374 g/mol. The van der Waals surface area contributed by atoms with Crippen LogP contribution in [0.25, 0.3) is 0 Å². The molecular weight excluding hydrogens is 358 g/mol. The second-order valence-corrected chi connectivity index (χ2v) is 6.75. The van der Waals surface area contributed by atoms with Crippen molar-refractivity contribution < 1.29 is 14.3 Å². The lowest BCUT2D eigenvalue weighted by molar-refractivity contribution is -0.116. The molecule has 23 heavy (non-hydrogen) atoms. The highest BCUT2D eigenvalue weighted by atomic mass is 79.9. The highest BCUT2D eigenvalue weighted by Gasteiger charge is 2.29. The van der Waals surface area contributed by atoms with Gasteiger partial charge < -0.3 is 14.8 Å². The largest absolute Gasteiger partial charge is 0.486 e. The molecule has 118 valence electrons. The summed E-state index contributed by atoms with van der Waals surface area (Å²) in [6.07, 6.45) is 0.433. The number of halogens is 1. The molecule has 5 heteroatoms. The van der Waals surface area contributed by atoms with Gasteiger partial charge >= 0.3 is 0 Å². The Labute approximate surface area is 142 Å². The van der Waals surface area contributed by atoms with Crippen LogP contribution >= 0.6 is 15.9 Å². The number of hydrogen-bond acceptors (Lipinski definition) is 3. The Morgan fingerprint density at radius 2 is 1.87 bits per heavy atom. The number of rotatable bonds is 1. The number of carbonyl (C=O) groups is 1. The van der Waals surface area contributed by atoms with E-state index in [1.54, 1.807) is 0 Å². The van der Waals surface area contributed by atoms with E-state index in [-0.39, 0.29) is 11.8 Å². The fraction of sp³-hybridized carbons (Fsp3) is 0.278. The molecule has 0 fully saturated rings. The van der Waals surface area contributed by atoms with Gasteiger partial charge in [-0.05, 0) is 35.7 Å². The van der Waals surface area contributed by atoms with Gasteiger partial charge in [-0.3, -0.25) is 4.79 Å². The van der Waals surface area contributed by atoms with E-state index in [1.807, 2.05) is 12.1 Å². The zero-order valence-electron chi connectivity index (χ0n) is 12.7. The lowest BCUT2D eigenvalue weighted by Crippen LogP contribution is -2.24. The minimum atomic E-state index is 0.0199. The molecule has 0 aromatic heterocycles. The summed E-state index contributed by atoms with van der Waals surface area (Å²) in [6.45, 7) is 3.14. The molecule has 2 aliphatic heterocycles. The van der Waals surface area contributed by atoms with E-state index in [9.17, 15) is 4.79 Å². The van der Waals surface area contributed by atoms with Crippen molar-refractivity contribution in [2.75, 3.05) is 18.5 Å². The smallest absolute Gasteiger partial charge is 0.225 e. The van der Waals surface area contributed by atoms with Crippen LogP contribution in [-0.4, -0.2) is 19.1 Å². The van der Waals surface area contributed by atoms with E-state index in [2.05, 4.69) is 46.4 Å². The number of anilines is 1. The van der Waals surface area contributed by atoms with Gasteiger partial charge in [0.25, 0.3) is 0 Å². The Balaban J connectivity index is 1.83. The molecule has 0 radical (unpaired) electrons. The Bertz CT molecular complexity index is 803. The summed E-state index contributed by atoms with van der Waals surface area (Å²) in [5.41, 5.74) is 4.18. The lowest BCUT2D eigenvalue weighted by atomic mass is 9.84. The van der Waals surface area contributed by atoms with Gasteiger partial charge in [0, 0.05) is 28.6 Å². The van der Waals surface area contributed by atoms with Crippen molar-refractivity contribution in [3.8, 4) is 11.5 Å². The summed E-state index contributed by atoms with van der Waals surface area (Å²) in [7, 11) is 0. The Morgan fingerprint density at radius 3 is 2.61 bits per heavy atom. The molecule has 2 aliphatic rings. The van der Waals surface area contributed by atoms with Crippen LogP contribution in [-0.2, 0) is 4.79 Å². The van der Waals surface area contributed by atoms with Gasteiger partial charge in [0.05, 0.1) is 0 Å². The Morgan fingerprint density at radius 1 is 1.13 bits per heavy atom. The fourth-order valence-corrected chi connectivity index (χ4v) is 3.52. The molecule has 4 nitrogen and oxygen atoms in total. The predicted molar refractivity (Wildman–Crippen MR) is 91.4 cm³/mol. The van der Waals surface area contributed by atoms with Crippen LogP contribution in [0.1, 0.15) is 29.0 Å². The summed E-state index contributed by atoms with van der Waals surface area (Å²) >= 11 is 3.58. The Kier molecular flexibility index (Phi) is 3.53. The number of aryl methyl sites for hydroxylation is 1. The third-order valence-electron chi connectivity index (χ3n) is 4.35. The van der Waals surface area contributed by atoms with Gasteiger partial charge in [0.15, 0.2) is 11.5 Å². The number of nitrogens with one attached hydrogen (secondary N) is 1. The van der Waals surface area contributed by atoms with Crippen LogP contribution in [0, 0.1) is 6.92 Å². The quantitative estimate of drug-likeness (QED) is 0.821. The first kappa shape index (κ1) is 14.6. The van der Waals surface area contributed by atoms with Gasteiger partial charge in [0.2, 0.25) is 5.91 Å². The van der Waals surface area contributed by atoms with Crippen molar-refractivity contribution in [2.24, 2.45) is 0 Å². The van der Waals surface area contributed by atoms with Crippen molar-refractivity contribution in [2.45, 2.75) is 19.3 Å². The van der Waals surface area contributed by atoms with Crippen LogP contribution in [0.4, 0.5) is 5.69 Å². The maximum Gasteiger partial charge on any atom is 0.225 e. The van der Waals surface area contributed by atoms with Crippen LogP contribution in [0.2, 0.25) is 0 Å².